The van der Waals surface area contributed by atoms with E-state index in [4.69, 9.17) is 0 Å². The van der Waals surface area contributed by atoms with E-state index in [1.54, 1.807) is 0 Å². The minimum Gasteiger partial charge on any atom is -0.481 e. The molecule has 1 aromatic carbocycles. The average molecular weight is 400 g/mol. The molecule has 1 atom stereocenters. The molecule has 6 nitrogen and oxygen atoms in total. The van der Waals surface area contributed by atoms with E-state index < -0.39 is 17.5 Å². The fraction of sp³-hybridized carbons (Fsp3) is 0.471. The van der Waals surface area contributed by atoms with Crippen LogP contribution < -0.4 is 5.32 Å². The largest absolute Gasteiger partial charge is 0.481 e. The van der Waals surface area contributed by atoms with Gasteiger partial charge in [-0.1, -0.05) is 35.0 Å². The first-order valence-corrected chi connectivity index (χ1v) is 8.43. The van der Waals surface area contributed by atoms with Crippen molar-refractivity contribution < 1.29 is 24.2 Å². The second-order valence-electron chi connectivity index (χ2n) is 5.63. The van der Waals surface area contributed by atoms with E-state index in [1.807, 2.05) is 31.2 Å². The second kappa shape index (κ2) is 9.42. The number of esters is 1. The summed E-state index contributed by atoms with van der Waals surface area (Å²) in [6.45, 7) is 1.84. The van der Waals surface area contributed by atoms with Gasteiger partial charge in [0.05, 0.1) is 25.5 Å². The van der Waals surface area contributed by atoms with Crippen LogP contribution in [0.5, 0.6) is 0 Å². The van der Waals surface area contributed by atoms with Crippen LogP contribution >= 0.6 is 15.9 Å². The number of carboxylic acid groups (broad SMARTS) is 1. The van der Waals surface area contributed by atoms with Crippen molar-refractivity contribution in [3.63, 3.8) is 0 Å². The van der Waals surface area contributed by atoms with Crippen molar-refractivity contribution in [1.29, 1.82) is 0 Å². The molecule has 24 heavy (non-hydrogen) atoms. The Morgan fingerprint density at radius 3 is 2.33 bits per heavy atom. The molecule has 1 rings (SSSR count). The van der Waals surface area contributed by atoms with E-state index in [0.717, 1.165) is 10.0 Å². The first-order chi connectivity index (χ1) is 11.3. The van der Waals surface area contributed by atoms with Crippen LogP contribution in [0.3, 0.4) is 0 Å². The number of aliphatic carboxylic acids is 1. The maximum Gasteiger partial charge on any atom is 0.306 e. The monoisotopic (exact) mass is 399 g/mol. The Labute approximate surface area is 149 Å². The number of nitrogens with one attached hydrogen (secondary N) is 1. The lowest BCUT2D eigenvalue weighted by Crippen LogP contribution is -2.51. The Morgan fingerprint density at radius 2 is 1.83 bits per heavy atom. The number of carbonyl (C=O) groups excluding carboxylic acids is 2. The Kier molecular flexibility index (Phi) is 7.91. The van der Waals surface area contributed by atoms with Gasteiger partial charge < -0.3 is 15.2 Å². The molecule has 1 amide bonds. The summed E-state index contributed by atoms with van der Waals surface area (Å²) in [6.07, 6.45) is 0.595. The molecule has 0 saturated heterocycles. The van der Waals surface area contributed by atoms with Gasteiger partial charge in [0.15, 0.2) is 0 Å². The fourth-order valence-corrected chi connectivity index (χ4v) is 2.71. The van der Waals surface area contributed by atoms with Crippen LogP contribution in [0.25, 0.3) is 0 Å². The minimum atomic E-state index is -0.984. The number of carbonyl (C=O) groups is 3. The number of rotatable bonds is 9. The summed E-state index contributed by atoms with van der Waals surface area (Å²) in [5.74, 6) is -1.82. The van der Waals surface area contributed by atoms with Crippen molar-refractivity contribution in [1.82, 2.24) is 5.32 Å². The third-order valence-electron chi connectivity index (χ3n) is 3.81. The summed E-state index contributed by atoms with van der Waals surface area (Å²) >= 11 is 3.36. The van der Waals surface area contributed by atoms with Crippen LogP contribution in [0, 0.1) is 0 Å². The third kappa shape index (κ3) is 6.70. The predicted octanol–water partition coefficient (Wildman–Crippen LogP) is 2.68. The number of ether oxygens (including phenoxy) is 1. The van der Waals surface area contributed by atoms with Crippen molar-refractivity contribution in [2.75, 3.05) is 7.11 Å². The maximum absolute atomic E-state index is 12.1. The molecular weight excluding hydrogens is 378 g/mol. The Hall–Kier alpha value is -1.89. The molecule has 0 radical (unpaired) electrons. The SMILES string of the molecule is CC[C@](CC(=O)O)(Cc1ccc(Br)cc1)NC(=O)CCC(=O)OC. The van der Waals surface area contributed by atoms with Crippen molar-refractivity contribution in [3.8, 4) is 0 Å². The molecule has 7 heteroatoms. The van der Waals surface area contributed by atoms with Crippen LogP contribution in [0.2, 0.25) is 0 Å². The first-order valence-electron chi connectivity index (χ1n) is 7.64. The van der Waals surface area contributed by atoms with Gasteiger partial charge >= 0.3 is 11.9 Å². The Balaban J connectivity index is 2.88. The quantitative estimate of drug-likeness (QED) is 0.622. The van der Waals surface area contributed by atoms with Crippen LogP contribution in [0.4, 0.5) is 0 Å². The number of benzene rings is 1. The maximum atomic E-state index is 12.1. The lowest BCUT2D eigenvalue weighted by Gasteiger charge is -2.33. The highest BCUT2D eigenvalue weighted by Gasteiger charge is 2.33. The van der Waals surface area contributed by atoms with Gasteiger partial charge in [0.1, 0.15) is 0 Å². The number of hydrogen-bond donors (Lipinski definition) is 2. The van der Waals surface area contributed by atoms with E-state index in [0.29, 0.717) is 12.8 Å². The normalized spacial score (nSPS) is 13.0. The number of hydrogen-bond acceptors (Lipinski definition) is 4. The second-order valence-corrected chi connectivity index (χ2v) is 6.55. The minimum absolute atomic E-state index is 0.0334. The van der Waals surface area contributed by atoms with Crippen molar-refractivity contribution in [2.45, 2.75) is 44.6 Å². The molecule has 0 saturated carbocycles. The summed E-state index contributed by atoms with van der Waals surface area (Å²) in [7, 11) is 1.26. The van der Waals surface area contributed by atoms with Crippen molar-refractivity contribution in [3.05, 3.63) is 34.3 Å². The molecule has 0 fully saturated rings. The van der Waals surface area contributed by atoms with Crippen LogP contribution in [-0.2, 0) is 25.5 Å². The van der Waals surface area contributed by atoms with Crippen molar-refractivity contribution in [2.24, 2.45) is 0 Å². The highest BCUT2D eigenvalue weighted by molar-refractivity contribution is 9.10. The van der Waals surface area contributed by atoms with E-state index >= 15 is 0 Å². The van der Waals surface area contributed by atoms with Crippen LogP contribution in [0.15, 0.2) is 28.7 Å². The van der Waals surface area contributed by atoms with E-state index in [-0.39, 0.29) is 25.2 Å². The van der Waals surface area contributed by atoms with Gasteiger partial charge in [-0.25, -0.2) is 0 Å². The molecule has 0 unspecified atom stereocenters. The molecule has 0 aliphatic carbocycles. The number of amides is 1. The van der Waals surface area contributed by atoms with E-state index in [1.165, 1.54) is 7.11 Å². The molecule has 2 N–H and O–H groups in total. The Bertz CT molecular complexity index is 587. The third-order valence-corrected chi connectivity index (χ3v) is 4.34. The lowest BCUT2D eigenvalue weighted by molar-refractivity contribution is -0.143. The standard InChI is InChI=1S/C17H22BrNO5/c1-3-17(11-15(21)22,10-12-4-6-13(18)7-5-12)19-14(20)8-9-16(23)24-2/h4-7H,3,8-11H2,1-2H3,(H,19,20)(H,21,22)/t17-/m1/s1. The first kappa shape index (κ1) is 20.2. The molecule has 0 aliphatic rings. The fourth-order valence-electron chi connectivity index (χ4n) is 2.45. The molecule has 0 aliphatic heterocycles. The van der Waals surface area contributed by atoms with Gasteiger partial charge in [-0.15, -0.1) is 0 Å². The van der Waals surface area contributed by atoms with Gasteiger partial charge in [0.2, 0.25) is 5.91 Å². The highest BCUT2D eigenvalue weighted by Crippen LogP contribution is 2.23. The zero-order chi connectivity index (χ0) is 18.2. The van der Waals surface area contributed by atoms with E-state index in [2.05, 4.69) is 26.0 Å². The summed E-state index contributed by atoms with van der Waals surface area (Å²) < 4.78 is 5.44. The zero-order valence-corrected chi connectivity index (χ0v) is 15.4. The zero-order valence-electron chi connectivity index (χ0n) is 13.8. The van der Waals surface area contributed by atoms with Gasteiger partial charge in [-0.3, -0.25) is 14.4 Å². The Morgan fingerprint density at radius 1 is 1.21 bits per heavy atom. The number of halogens is 1. The molecule has 1 aromatic rings. The molecule has 0 heterocycles. The van der Waals surface area contributed by atoms with Gasteiger partial charge in [0.25, 0.3) is 0 Å². The lowest BCUT2D eigenvalue weighted by atomic mass is 9.84. The molecule has 0 bridgehead atoms. The number of methoxy groups -OCH3 is 1. The average Bonchev–Trinajstić information content (AvgIpc) is 2.54. The van der Waals surface area contributed by atoms with Gasteiger partial charge in [-0.05, 0) is 30.5 Å². The smallest absolute Gasteiger partial charge is 0.306 e. The van der Waals surface area contributed by atoms with E-state index in [9.17, 15) is 19.5 Å². The van der Waals surface area contributed by atoms with Gasteiger partial charge in [-0.2, -0.15) is 0 Å². The highest BCUT2D eigenvalue weighted by atomic mass is 79.9. The molecule has 0 aromatic heterocycles. The summed E-state index contributed by atoms with van der Waals surface area (Å²) in [5.41, 5.74) is 0.0296. The summed E-state index contributed by atoms with van der Waals surface area (Å²) in [5, 5.41) is 12.1. The van der Waals surface area contributed by atoms with Gasteiger partial charge in [0, 0.05) is 10.9 Å². The van der Waals surface area contributed by atoms with Crippen LogP contribution in [-0.4, -0.2) is 35.6 Å². The summed E-state index contributed by atoms with van der Waals surface area (Å²) in [6, 6.07) is 7.51. The molecule has 132 valence electrons. The summed E-state index contributed by atoms with van der Waals surface area (Å²) in [4.78, 5) is 34.6. The molecular formula is C17H22BrNO5. The van der Waals surface area contributed by atoms with Crippen molar-refractivity contribution >= 4 is 33.8 Å². The predicted molar refractivity (Wildman–Crippen MR) is 92.5 cm³/mol. The molecule has 0 spiro atoms. The van der Waals surface area contributed by atoms with Crippen LogP contribution in [0.1, 0.15) is 38.2 Å². The number of carboxylic acids is 1. The topological polar surface area (TPSA) is 92.7 Å².